The van der Waals surface area contributed by atoms with Crippen molar-refractivity contribution in [3.05, 3.63) is 75.2 Å². The summed E-state index contributed by atoms with van der Waals surface area (Å²) in [4.78, 5) is 15.2. The van der Waals surface area contributed by atoms with Crippen molar-refractivity contribution in [1.82, 2.24) is 10.2 Å². The van der Waals surface area contributed by atoms with Crippen LogP contribution in [0, 0.1) is 19.7 Å². The molecule has 0 bridgehead atoms. The Hall–Kier alpha value is -2.44. The molecule has 1 unspecified atom stereocenters. The van der Waals surface area contributed by atoms with E-state index in [9.17, 15) is 9.18 Å². The lowest BCUT2D eigenvalue weighted by Gasteiger charge is -2.37. The summed E-state index contributed by atoms with van der Waals surface area (Å²) in [6, 6.07) is 9.47. The lowest BCUT2D eigenvalue weighted by atomic mass is 9.93. The van der Waals surface area contributed by atoms with Crippen LogP contribution in [0.4, 0.5) is 10.1 Å². The van der Waals surface area contributed by atoms with Crippen LogP contribution < -0.4 is 10.6 Å². The summed E-state index contributed by atoms with van der Waals surface area (Å²) in [5, 5.41) is 6.73. The van der Waals surface area contributed by atoms with Gasteiger partial charge in [0, 0.05) is 28.5 Å². The zero-order valence-electron chi connectivity index (χ0n) is 16.8. The Kier molecular flexibility index (Phi) is 6.24. The van der Waals surface area contributed by atoms with Gasteiger partial charge in [-0.25, -0.2) is 4.39 Å². The third-order valence-electron chi connectivity index (χ3n) is 5.08. The second-order valence-corrected chi connectivity index (χ2v) is 7.83. The Balaban J connectivity index is 2.10. The Labute approximate surface area is 180 Å². The topological polar surface area (TPSA) is 44.4 Å². The maximum atomic E-state index is 14.7. The minimum absolute atomic E-state index is 0.206. The maximum absolute atomic E-state index is 14.7. The quantitative estimate of drug-likeness (QED) is 0.648. The molecule has 29 heavy (non-hydrogen) atoms. The molecule has 0 aromatic heterocycles. The largest absolute Gasteiger partial charge is 0.351 e. The minimum atomic E-state index is -0.787. The van der Waals surface area contributed by atoms with Gasteiger partial charge in [0.15, 0.2) is 5.11 Å². The number of hydrogen-bond acceptors (Lipinski definition) is 2. The summed E-state index contributed by atoms with van der Waals surface area (Å²) in [6.07, 6.45) is 0. The number of hydrogen-bond donors (Lipinski definition) is 2. The third kappa shape index (κ3) is 4.14. The average molecular weight is 432 g/mol. The predicted molar refractivity (Wildman–Crippen MR) is 120 cm³/mol. The first-order valence-electron chi connectivity index (χ1n) is 9.35. The van der Waals surface area contributed by atoms with E-state index in [1.54, 1.807) is 6.07 Å². The van der Waals surface area contributed by atoms with Crippen LogP contribution in [0.2, 0.25) is 5.02 Å². The number of allylic oxidation sites excluding steroid dienone is 1. The van der Waals surface area contributed by atoms with Gasteiger partial charge in [0.05, 0.1) is 11.6 Å². The van der Waals surface area contributed by atoms with Gasteiger partial charge in [-0.3, -0.25) is 4.79 Å². The van der Waals surface area contributed by atoms with Crippen LogP contribution in [0.3, 0.4) is 0 Å². The highest BCUT2D eigenvalue weighted by Crippen LogP contribution is 2.36. The van der Waals surface area contributed by atoms with E-state index < -0.39 is 11.9 Å². The molecular weight excluding hydrogens is 409 g/mol. The van der Waals surface area contributed by atoms with Gasteiger partial charge in [0.25, 0.3) is 5.91 Å². The normalized spacial score (nSPS) is 16.7. The van der Waals surface area contributed by atoms with E-state index in [-0.39, 0.29) is 16.5 Å². The number of aryl methyl sites for hydroxylation is 2. The van der Waals surface area contributed by atoms with Crippen molar-refractivity contribution in [2.24, 2.45) is 0 Å². The molecule has 2 aromatic rings. The average Bonchev–Trinajstić information content (AvgIpc) is 2.64. The van der Waals surface area contributed by atoms with Crippen molar-refractivity contribution < 1.29 is 9.18 Å². The molecule has 0 saturated carbocycles. The van der Waals surface area contributed by atoms with E-state index in [2.05, 4.69) is 10.6 Å². The fraction of sp³-hybridized carbons (Fsp3) is 0.273. The second-order valence-electron chi connectivity index (χ2n) is 7.03. The van der Waals surface area contributed by atoms with Gasteiger partial charge in [-0.15, -0.1) is 0 Å². The van der Waals surface area contributed by atoms with Crippen molar-refractivity contribution in [3.63, 3.8) is 0 Å². The molecule has 1 heterocycles. The number of carbonyl (C=O) groups excluding carboxylic acids is 1. The van der Waals surface area contributed by atoms with E-state index in [0.717, 1.165) is 11.1 Å². The first kappa shape index (κ1) is 21.3. The number of nitrogens with one attached hydrogen (secondary N) is 2. The molecule has 2 aromatic carbocycles. The number of rotatable bonds is 4. The molecule has 3 rings (SSSR count). The molecule has 4 nitrogen and oxygen atoms in total. The van der Waals surface area contributed by atoms with Crippen LogP contribution in [0.1, 0.15) is 36.6 Å². The molecule has 1 amide bonds. The summed E-state index contributed by atoms with van der Waals surface area (Å²) in [5.41, 5.74) is 4.01. The monoisotopic (exact) mass is 431 g/mol. The first-order chi connectivity index (χ1) is 13.7. The molecule has 2 N–H and O–H groups in total. The SMILES string of the molecule is CCN1C(=S)NC(c2c(F)cccc2Cl)C(C(=O)Nc2ccc(C)cc2C)=C1C. The molecule has 1 aliphatic rings. The third-order valence-corrected chi connectivity index (χ3v) is 5.74. The zero-order chi connectivity index (χ0) is 21.3. The molecular formula is C22H23ClFN3OS. The summed E-state index contributed by atoms with van der Waals surface area (Å²) in [6.45, 7) is 8.26. The van der Waals surface area contributed by atoms with Crippen molar-refractivity contribution in [2.45, 2.75) is 33.7 Å². The van der Waals surface area contributed by atoms with Crippen molar-refractivity contribution in [3.8, 4) is 0 Å². The molecule has 0 spiro atoms. The van der Waals surface area contributed by atoms with E-state index in [1.807, 2.05) is 50.8 Å². The van der Waals surface area contributed by atoms with Crippen LogP contribution in [-0.4, -0.2) is 22.5 Å². The number of nitrogens with zero attached hydrogens (tertiary/aromatic N) is 1. The van der Waals surface area contributed by atoms with E-state index >= 15 is 0 Å². The van der Waals surface area contributed by atoms with Gasteiger partial charge < -0.3 is 15.5 Å². The van der Waals surface area contributed by atoms with E-state index in [1.165, 1.54) is 12.1 Å². The summed E-state index contributed by atoms with van der Waals surface area (Å²) in [5.74, 6) is -0.820. The molecule has 1 aliphatic heterocycles. The van der Waals surface area contributed by atoms with E-state index in [0.29, 0.717) is 28.6 Å². The molecule has 0 fully saturated rings. The smallest absolute Gasteiger partial charge is 0.255 e. The summed E-state index contributed by atoms with van der Waals surface area (Å²) in [7, 11) is 0. The number of thiocarbonyl (C=S) groups is 1. The highest BCUT2D eigenvalue weighted by molar-refractivity contribution is 7.80. The number of anilines is 1. The van der Waals surface area contributed by atoms with Gasteiger partial charge >= 0.3 is 0 Å². The van der Waals surface area contributed by atoms with Gasteiger partial charge in [-0.1, -0.05) is 35.4 Å². The lowest BCUT2D eigenvalue weighted by Crippen LogP contribution is -2.48. The lowest BCUT2D eigenvalue weighted by molar-refractivity contribution is -0.113. The number of benzene rings is 2. The highest BCUT2D eigenvalue weighted by Gasteiger charge is 2.36. The van der Waals surface area contributed by atoms with Crippen LogP contribution in [0.5, 0.6) is 0 Å². The fourth-order valence-electron chi connectivity index (χ4n) is 3.60. The van der Waals surface area contributed by atoms with Crippen molar-refractivity contribution in [2.75, 3.05) is 11.9 Å². The molecule has 0 aliphatic carbocycles. The van der Waals surface area contributed by atoms with Crippen molar-refractivity contribution >= 4 is 40.5 Å². The first-order valence-corrected chi connectivity index (χ1v) is 10.1. The zero-order valence-corrected chi connectivity index (χ0v) is 18.3. The number of amides is 1. The molecule has 152 valence electrons. The number of carbonyl (C=O) groups is 1. The fourth-order valence-corrected chi connectivity index (χ4v) is 4.26. The second kappa shape index (κ2) is 8.51. The van der Waals surface area contributed by atoms with Crippen LogP contribution >= 0.6 is 23.8 Å². The van der Waals surface area contributed by atoms with Crippen LogP contribution in [-0.2, 0) is 4.79 Å². The van der Waals surface area contributed by atoms with Gasteiger partial charge in [-0.05, 0) is 63.7 Å². The van der Waals surface area contributed by atoms with Crippen LogP contribution in [0.25, 0.3) is 0 Å². The predicted octanol–water partition coefficient (Wildman–Crippen LogP) is 5.26. The Morgan fingerprint density at radius 3 is 2.62 bits per heavy atom. The van der Waals surface area contributed by atoms with Crippen LogP contribution in [0.15, 0.2) is 47.7 Å². The number of halogens is 2. The molecule has 0 saturated heterocycles. The molecule has 7 heteroatoms. The van der Waals surface area contributed by atoms with Crippen molar-refractivity contribution in [1.29, 1.82) is 0 Å². The summed E-state index contributed by atoms with van der Waals surface area (Å²) < 4.78 is 14.7. The van der Waals surface area contributed by atoms with Gasteiger partial charge in [0.1, 0.15) is 5.82 Å². The summed E-state index contributed by atoms with van der Waals surface area (Å²) >= 11 is 11.8. The Morgan fingerprint density at radius 2 is 2.00 bits per heavy atom. The highest BCUT2D eigenvalue weighted by atomic mass is 35.5. The maximum Gasteiger partial charge on any atom is 0.255 e. The standard InChI is InChI=1S/C22H23ClFN3OS/c1-5-27-14(4)18(21(28)25-17-10-9-12(2)11-13(17)3)20(26-22(27)29)19-15(23)7-6-8-16(19)24/h6-11,20H,5H2,1-4H3,(H,25,28)(H,26,29). The Bertz CT molecular complexity index is 1000. The minimum Gasteiger partial charge on any atom is -0.351 e. The molecule has 1 atom stereocenters. The van der Waals surface area contributed by atoms with Gasteiger partial charge in [-0.2, -0.15) is 0 Å². The van der Waals surface area contributed by atoms with Gasteiger partial charge in [0.2, 0.25) is 0 Å². The molecule has 0 radical (unpaired) electrons. The van der Waals surface area contributed by atoms with E-state index in [4.69, 9.17) is 23.8 Å². The Morgan fingerprint density at radius 1 is 1.28 bits per heavy atom.